The topological polar surface area (TPSA) is 41.9 Å². The van der Waals surface area contributed by atoms with Gasteiger partial charge in [-0.05, 0) is 56.3 Å². The molecule has 0 aromatic heterocycles. The normalized spacial score (nSPS) is 30.2. The van der Waals surface area contributed by atoms with Crippen molar-refractivity contribution in [2.45, 2.75) is 43.9 Å². The summed E-state index contributed by atoms with van der Waals surface area (Å²) in [4.78, 5) is 2.50. The van der Waals surface area contributed by atoms with Crippen LogP contribution in [0.25, 0.3) is 0 Å². The summed E-state index contributed by atoms with van der Waals surface area (Å²) in [5.74, 6) is 1.73. The third-order valence-corrected chi connectivity index (χ3v) is 5.33. The molecule has 2 heterocycles. The van der Waals surface area contributed by atoms with Crippen LogP contribution in [-0.2, 0) is 0 Å². The molecule has 4 nitrogen and oxygen atoms in total. The lowest BCUT2D eigenvalue weighted by Crippen LogP contribution is -2.41. The van der Waals surface area contributed by atoms with Crippen molar-refractivity contribution in [3.8, 4) is 11.5 Å². The molecule has 0 spiro atoms. The number of benzene rings is 1. The van der Waals surface area contributed by atoms with Crippen LogP contribution in [0.5, 0.6) is 11.5 Å². The lowest BCUT2D eigenvalue weighted by molar-refractivity contribution is 0.0355. The second-order valence-corrected chi connectivity index (χ2v) is 6.34. The Kier molecular flexibility index (Phi) is 4.09. The second kappa shape index (κ2) is 5.85. The van der Waals surface area contributed by atoms with Crippen molar-refractivity contribution in [2.24, 2.45) is 5.92 Å². The lowest BCUT2D eigenvalue weighted by atomic mass is 9.84. The van der Waals surface area contributed by atoms with Gasteiger partial charge in [0.25, 0.3) is 0 Å². The van der Waals surface area contributed by atoms with Gasteiger partial charge in [0, 0.05) is 12.1 Å². The maximum Gasteiger partial charge on any atom is 0.161 e. The molecule has 2 aliphatic rings. The van der Waals surface area contributed by atoms with Crippen LogP contribution in [0.2, 0.25) is 0 Å². The molecular weight excluding hydrogens is 266 g/mol. The molecule has 3 unspecified atom stereocenters. The minimum atomic E-state index is -0.415. The first kappa shape index (κ1) is 14.7. The van der Waals surface area contributed by atoms with Crippen molar-refractivity contribution in [2.75, 3.05) is 21.3 Å². The van der Waals surface area contributed by atoms with Crippen molar-refractivity contribution >= 4 is 0 Å². The van der Waals surface area contributed by atoms with Crippen molar-refractivity contribution in [3.63, 3.8) is 0 Å². The third kappa shape index (κ3) is 2.62. The molecular formula is C17H25NO3. The number of aliphatic hydroxyl groups excluding tert-OH is 1. The molecule has 116 valence electrons. The molecule has 3 atom stereocenters. The average Bonchev–Trinajstić information content (AvgIpc) is 2.75. The summed E-state index contributed by atoms with van der Waals surface area (Å²) in [5.41, 5.74) is 0.932. The Morgan fingerprint density at radius 2 is 1.71 bits per heavy atom. The second-order valence-electron chi connectivity index (χ2n) is 6.34. The molecule has 21 heavy (non-hydrogen) atoms. The summed E-state index contributed by atoms with van der Waals surface area (Å²) in [6.07, 6.45) is 4.30. The van der Waals surface area contributed by atoms with Gasteiger partial charge < -0.3 is 19.5 Å². The van der Waals surface area contributed by atoms with Gasteiger partial charge in [-0.1, -0.05) is 6.07 Å². The summed E-state index contributed by atoms with van der Waals surface area (Å²) in [6.45, 7) is 0. The fourth-order valence-corrected chi connectivity index (χ4v) is 4.02. The zero-order valence-corrected chi connectivity index (χ0v) is 13.1. The van der Waals surface area contributed by atoms with E-state index in [-0.39, 0.29) is 0 Å². The molecule has 3 rings (SSSR count). The van der Waals surface area contributed by atoms with Crippen LogP contribution in [-0.4, -0.2) is 43.4 Å². The summed E-state index contributed by atoms with van der Waals surface area (Å²) < 4.78 is 10.6. The van der Waals surface area contributed by atoms with Crippen LogP contribution in [0.1, 0.15) is 37.4 Å². The number of aliphatic hydroxyl groups is 1. The highest BCUT2D eigenvalue weighted by atomic mass is 16.5. The Bertz CT molecular complexity index is 491. The minimum Gasteiger partial charge on any atom is -0.493 e. The molecule has 1 N–H and O–H groups in total. The van der Waals surface area contributed by atoms with E-state index in [2.05, 4.69) is 11.9 Å². The lowest BCUT2D eigenvalue weighted by Gasteiger charge is -2.38. The molecule has 2 fully saturated rings. The quantitative estimate of drug-likeness (QED) is 0.926. The summed E-state index contributed by atoms with van der Waals surface area (Å²) in [7, 11) is 5.48. The largest absolute Gasteiger partial charge is 0.493 e. The highest BCUT2D eigenvalue weighted by Crippen LogP contribution is 2.43. The molecule has 2 saturated heterocycles. The first-order valence-electron chi connectivity index (χ1n) is 7.76. The summed E-state index contributed by atoms with van der Waals surface area (Å²) >= 11 is 0. The van der Waals surface area contributed by atoms with E-state index in [0.29, 0.717) is 29.5 Å². The molecule has 0 amide bonds. The molecule has 1 aromatic rings. The number of methoxy groups -OCH3 is 2. The van der Waals surface area contributed by atoms with Gasteiger partial charge in [-0.25, -0.2) is 0 Å². The molecule has 0 aliphatic carbocycles. The Labute approximate surface area is 126 Å². The molecule has 2 aliphatic heterocycles. The maximum atomic E-state index is 10.8. The first-order chi connectivity index (χ1) is 10.1. The van der Waals surface area contributed by atoms with E-state index in [0.717, 1.165) is 18.4 Å². The number of nitrogens with zero attached hydrogens (tertiary/aromatic N) is 1. The number of ether oxygens (including phenoxy) is 2. The van der Waals surface area contributed by atoms with Gasteiger partial charge in [-0.15, -0.1) is 0 Å². The zero-order chi connectivity index (χ0) is 15.0. The van der Waals surface area contributed by atoms with Gasteiger partial charge in [0.15, 0.2) is 11.5 Å². The van der Waals surface area contributed by atoms with E-state index in [4.69, 9.17) is 9.47 Å². The third-order valence-electron chi connectivity index (χ3n) is 5.33. The van der Waals surface area contributed by atoms with Crippen molar-refractivity contribution in [1.29, 1.82) is 0 Å². The van der Waals surface area contributed by atoms with Crippen LogP contribution < -0.4 is 9.47 Å². The van der Waals surface area contributed by atoms with Crippen LogP contribution in [0.4, 0.5) is 0 Å². The van der Waals surface area contributed by atoms with Crippen LogP contribution in [0.3, 0.4) is 0 Å². The highest BCUT2D eigenvalue weighted by molar-refractivity contribution is 5.43. The van der Waals surface area contributed by atoms with E-state index >= 15 is 0 Å². The van der Waals surface area contributed by atoms with Crippen LogP contribution >= 0.6 is 0 Å². The molecule has 1 aromatic carbocycles. The Morgan fingerprint density at radius 3 is 2.29 bits per heavy atom. The summed E-state index contributed by atoms with van der Waals surface area (Å²) in [6, 6.07) is 7.02. The van der Waals surface area contributed by atoms with E-state index in [1.807, 2.05) is 18.2 Å². The standard InChI is InChI=1S/C17H25NO3/c1-18-13-5-6-14(18)9-12(8-13)17(19)11-4-7-15(20-2)16(10-11)21-3/h4,7,10,12-14,17,19H,5-6,8-9H2,1-3H3. The zero-order valence-electron chi connectivity index (χ0n) is 13.1. The number of fused-ring (bicyclic) bond motifs is 2. The van der Waals surface area contributed by atoms with Crippen LogP contribution in [0, 0.1) is 5.92 Å². The fraction of sp³-hybridized carbons (Fsp3) is 0.647. The minimum absolute atomic E-state index is 0.344. The first-order valence-corrected chi connectivity index (χ1v) is 7.76. The molecule has 0 radical (unpaired) electrons. The molecule has 4 heteroatoms. The Balaban J connectivity index is 1.78. The average molecular weight is 291 g/mol. The van der Waals surface area contributed by atoms with Crippen molar-refractivity contribution < 1.29 is 14.6 Å². The fourth-order valence-electron chi connectivity index (χ4n) is 4.02. The van der Waals surface area contributed by atoms with E-state index < -0.39 is 6.10 Å². The number of hydrogen-bond donors (Lipinski definition) is 1. The predicted molar refractivity (Wildman–Crippen MR) is 81.8 cm³/mol. The SMILES string of the molecule is COc1ccc(C(O)C2CC3CCC(C2)N3C)cc1OC. The highest BCUT2D eigenvalue weighted by Gasteiger charge is 2.41. The van der Waals surface area contributed by atoms with Crippen molar-refractivity contribution in [1.82, 2.24) is 4.90 Å². The summed E-state index contributed by atoms with van der Waals surface area (Å²) in [5, 5.41) is 10.8. The number of rotatable bonds is 4. The van der Waals surface area contributed by atoms with Gasteiger partial charge in [0.05, 0.1) is 20.3 Å². The van der Waals surface area contributed by atoms with E-state index in [1.54, 1.807) is 14.2 Å². The molecule has 0 saturated carbocycles. The van der Waals surface area contributed by atoms with Gasteiger partial charge in [-0.2, -0.15) is 0 Å². The monoisotopic (exact) mass is 291 g/mol. The van der Waals surface area contributed by atoms with E-state index in [1.165, 1.54) is 12.8 Å². The van der Waals surface area contributed by atoms with Gasteiger partial charge in [-0.3, -0.25) is 0 Å². The number of hydrogen-bond acceptors (Lipinski definition) is 4. The van der Waals surface area contributed by atoms with Gasteiger partial charge >= 0.3 is 0 Å². The smallest absolute Gasteiger partial charge is 0.161 e. The maximum absolute atomic E-state index is 10.8. The Hall–Kier alpha value is -1.26. The Morgan fingerprint density at radius 1 is 1.10 bits per heavy atom. The van der Waals surface area contributed by atoms with Crippen molar-refractivity contribution in [3.05, 3.63) is 23.8 Å². The van der Waals surface area contributed by atoms with Gasteiger partial charge in [0.2, 0.25) is 0 Å². The van der Waals surface area contributed by atoms with Gasteiger partial charge in [0.1, 0.15) is 0 Å². The van der Waals surface area contributed by atoms with E-state index in [9.17, 15) is 5.11 Å². The predicted octanol–water partition coefficient (Wildman–Crippen LogP) is 2.61. The molecule has 2 bridgehead atoms. The van der Waals surface area contributed by atoms with Crippen LogP contribution in [0.15, 0.2) is 18.2 Å². The number of piperidine rings is 1.